The van der Waals surface area contributed by atoms with Crippen molar-refractivity contribution in [2.75, 3.05) is 0 Å². The van der Waals surface area contributed by atoms with Gasteiger partial charge in [-0.15, -0.1) is 0 Å². The molecule has 0 bridgehead atoms. The summed E-state index contributed by atoms with van der Waals surface area (Å²) < 4.78 is 1.79. The highest BCUT2D eigenvalue weighted by Gasteiger charge is 2.47. The summed E-state index contributed by atoms with van der Waals surface area (Å²) >= 11 is 6.06. The molecule has 2 aromatic carbocycles. The van der Waals surface area contributed by atoms with Crippen LogP contribution in [0.1, 0.15) is 18.4 Å². The predicted octanol–water partition coefficient (Wildman–Crippen LogP) is 4.64. The fourth-order valence-corrected chi connectivity index (χ4v) is 4.41. The minimum Gasteiger partial charge on any atom is -0.277 e. The lowest BCUT2D eigenvalue weighted by molar-refractivity contribution is -0.140. The Hall–Kier alpha value is -3.18. The quantitative estimate of drug-likeness (QED) is 0.459. The largest absolute Gasteiger partial charge is 0.277 e. The normalized spacial score (nSPS) is 20.6. The van der Waals surface area contributed by atoms with E-state index >= 15 is 0 Å². The molecule has 2 heterocycles. The molecule has 5 nitrogen and oxygen atoms in total. The van der Waals surface area contributed by atoms with Crippen molar-refractivity contribution >= 4 is 23.4 Å². The molecular weight excluding hydrogens is 398 g/mol. The molecule has 150 valence electrons. The summed E-state index contributed by atoms with van der Waals surface area (Å²) in [5.74, 6) is -0.621. The third-order valence-corrected chi connectivity index (χ3v) is 6.11. The number of hydrogen-bond donors (Lipinski definition) is 0. The first-order valence-corrected chi connectivity index (χ1v) is 10.4. The summed E-state index contributed by atoms with van der Waals surface area (Å²) in [6.45, 7) is 0.218. The first kappa shape index (κ1) is 18.8. The number of hydrogen-bond acceptors (Lipinski definition) is 3. The summed E-state index contributed by atoms with van der Waals surface area (Å²) in [5, 5.41) is 5.42. The van der Waals surface area contributed by atoms with Gasteiger partial charge in [-0.25, -0.2) is 4.68 Å². The first-order chi connectivity index (χ1) is 14.6. The highest BCUT2D eigenvalue weighted by Crippen LogP contribution is 2.37. The van der Waals surface area contributed by atoms with E-state index in [1.54, 1.807) is 4.68 Å². The van der Waals surface area contributed by atoms with Gasteiger partial charge in [0.05, 0.1) is 29.8 Å². The maximum atomic E-state index is 13.0. The van der Waals surface area contributed by atoms with Gasteiger partial charge in [0, 0.05) is 22.3 Å². The number of likely N-dealkylation sites (tertiary alicyclic amines) is 1. The van der Waals surface area contributed by atoms with Gasteiger partial charge in [-0.2, -0.15) is 5.10 Å². The van der Waals surface area contributed by atoms with Gasteiger partial charge < -0.3 is 0 Å². The summed E-state index contributed by atoms with van der Waals surface area (Å²) in [6, 6.07) is 17.2. The zero-order valence-corrected chi connectivity index (χ0v) is 17.0. The third-order valence-electron chi connectivity index (χ3n) is 5.86. The maximum absolute atomic E-state index is 13.0. The molecule has 0 unspecified atom stereocenters. The molecule has 0 radical (unpaired) electrons. The van der Waals surface area contributed by atoms with Crippen LogP contribution in [0.15, 0.2) is 72.9 Å². The highest BCUT2D eigenvalue weighted by molar-refractivity contribution is 6.30. The van der Waals surface area contributed by atoms with Crippen molar-refractivity contribution < 1.29 is 9.59 Å². The van der Waals surface area contributed by atoms with Crippen LogP contribution in [0.5, 0.6) is 0 Å². The molecule has 30 heavy (non-hydrogen) atoms. The second kappa shape index (κ2) is 7.58. The average molecular weight is 418 g/mol. The highest BCUT2D eigenvalue weighted by atomic mass is 35.5. The lowest BCUT2D eigenvalue weighted by atomic mass is 9.85. The number of allylic oxidation sites excluding steroid dienone is 2. The summed E-state index contributed by atoms with van der Waals surface area (Å²) in [4.78, 5) is 27.3. The van der Waals surface area contributed by atoms with Crippen molar-refractivity contribution in [3.63, 3.8) is 0 Å². The summed E-state index contributed by atoms with van der Waals surface area (Å²) in [7, 11) is 0. The van der Waals surface area contributed by atoms with Crippen LogP contribution in [0.2, 0.25) is 5.02 Å². The smallest absolute Gasteiger partial charge is 0.233 e. The number of amides is 2. The van der Waals surface area contributed by atoms with E-state index in [2.05, 4.69) is 0 Å². The SMILES string of the molecule is O=C1[C@H]2CC=CC[C@H]2C(=O)N1Cc1cn(-c2ccccc2)nc1-c1ccc(Cl)cc1. The van der Waals surface area contributed by atoms with Crippen LogP contribution in [-0.4, -0.2) is 26.5 Å². The number of rotatable bonds is 4. The number of fused-ring (bicyclic) bond motifs is 1. The average Bonchev–Trinajstić information content (AvgIpc) is 3.31. The van der Waals surface area contributed by atoms with Crippen molar-refractivity contribution in [3.05, 3.63) is 83.5 Å². The molecule has 2 amide bonds. The van der Waals surface area contributed by atoms with E-state index in [-0.39, 0.29) is 30.2 Å². The van der Waals surface area contributed by atoms with Gasteiger partial charge >= 0.3 is 0 Å². The Kier molecular flexibility index (Phi) is 4.75. The zero-order valence-electron chi connectivity index (χ0n) is 16.2. The number of para-hydroxylation sites is 1. The molecule has 1 aromatic heterocycles. The molecule has 0 N–H and O–H groups in total. The molecule has 1 saturated heterocycles. The minimum atomic E-state index is -0.231. The fourth-order valence-electron chi connectivity index (χ4n) is 4.28. The molecule has 2 aliphatic rings. The Morgan fingerprint density at radius 1 is 0.900 bits per heavy atom. The Morgan fingerprint density at radius 3 is 2.17 bits per heavy atom. The number of nitrogens with zero attached hydrogens (tertiary/aromatic N) is 3. The Balaban J connectivity index is 1.53. The third kappa shape index (κ3) is 3.25. The molecule has 0 saturated carbocycles. The number of aromatic nitrogens is 2. The van der Waals surface area contributed by atoms with E-state index in [0.717, 1.165) is 22.5 Å². The van der Waals surface area contributed by atoms with Gasteiger partial charge in [-0.1, -0.05) is 54.1 Å². The lowest BCUT2D eigenvalue weighted by Gasteiger charge is -2.14. The van der Waals surface area contributed by atoms with Gasteiger partial charge in [0.1, 0.15) is 0 Å². The van der Waals surface area contributed by atoms with Gasteiger partial charge in [0.2, 0.25) is 11.8 Å². The second-order valence-corrected chi connectivity index (χ2v) is 8.14. The van der Waals surface area contributed by atoms with Crippen LogP contribution in [0, 0.1) is 11.8 Å². The topological polar surface area (TPSA) is 55.2 Å². The minimum absolute atomic E-state index is 0.0798. The van der Waals surface area contributed by atoms with Gasteiger partial charge in [-0.3, -0.25) is 14.5 Å². The number of carbonyl (C=O) groups excluding carboxylic acids is 2. The molecule has 1 fully saturated rings. The van der Waals surface area contributed by atoms with Crippen molar-refractivity contribution in [1.29, 1.82) is 0 Å². The van der Waals surface area contributed by atoms with Crippen LogP contribution in [-0.2, 0) is 16.1 Å². The van der Waals surface area contributed by atoms with Crippen LogP contribution < -0.4 is 0 Å². The lowest BCUT2D eigenvalue weighted by Crippen LogP contribution is -2.30. The Bertz CT molecular complexity index is 1110. The number of imide groups is 1. The Morgan fingerprint density at radius 2 is 1.53 bits per heavy atom. The van der Waals surface area contributed by atoms with Gasteiger partial charge in [-0.05, 0) is 37.1 Å². The molecule has 0 spiro atoms. The molecule has 6 heteroatoms. The second-order valence-electron chi connectivity index (χ2n) is 7.71. The predicted molar refractivity (Wildman–Crippen MR) is 115 cm³/mol. The molecule has 3 aromatic rings. The maximum Gasteiger partial charge on any atom is 0.233 e. The van der Waals surface area contributed by atoms with Crippen LogP contribution in [0.25, 0.3) is 16.9 Å². The van der Waals surface area contributed by atoms with E-state index < -0.39 is 0 Å². The molecule has 1 aliphatic carbocycles. The van der Waals surface area contributed by atoms with Gasteiger partial charge in [0.25, 0.3) is 0 Å². The summed E-state index contributed by atoms with van der Waals surface area (Å²) in [5.41, 5.74) is 3.37. The van der Waals surface area contributed by atoms with E-state index in [9.17, 15) is 9.59 Å². The van der Waals surface area contributed by atoms with E-state index in [0.29, 0.717) is 17.9 Å². The zero-order chi connectivity index (χ0) is 20.7. The van der Waals surface area contributed by atoms with Crippen LogP contribution in [0.4, 0.5) is 0 Å². The van der Waals surface area contributed by atoms with E-state index in [1.165, 1.54) is 4.90 Å². The van der Waals surface area contributed by atoms with E-state index in [1.807, 2.05) is 72.9 Å². The number of benzene rings is 2. The van der Waals surface area contributed by atoms with Crippen molar-refractivity contribution in [2.24, 2.45) is 11.8 Å². The van der Waals surface area contributed by atoms with Crippen molar-refractivity contribution in [3.8, 4) is 16.9 Å². The first-order valence-electron chi connectivity index (χ1n) is 10.0. The molecule has 1 aliphatic heterocycles. The Labute approximate surface area is 179 Å². The molecular formula is C24H20ClN3O2. The summed E-state index contributed by atoms with van der Waals surface area (Å²) in [6.07, 6.45) is 7.18. The molecule has 5 rings (SSSR count). The van der Waals surface area contributed by atoms with Crippen molar-refractivity contribution in [1.82, 2.24) is 14.7 Å². The van der Waals surface area contributed by atoms with E-state index in [4.69, 9.17) is 16.7 Å². The molecule has 2 atom stereocenters. The van der Waals surface area contributed by atoms with Crippen molar-refractivity contribution in [2.45, 2.75) is 19.4 Å². The van der Waals surface area contributed by atoms with Crippen LogP contribution in [0.3, 0.4) is 0 Å². The van der Waals surface area contributed by atoms with Gasteiger partial charge in [0.15, 0.2) is 0 Å². The standard InChI is InChI=1S/C24H20ClN3O2/c25-18-12-10-16(11-13-18)22-17(15-28(26-22)19-6-2-1-3-7-19)14-27-23(29)20-8-4-5-9-21(20)24(27)30/h1-7,10-13,15,20-21H,8-9,14H2/t20-,21+. The number of halogens is 1. The fraction of sp³-hybridized carbons (Fsp3) is 0.208. The van der Waals surface area contributed by atoms with Crippen LogP contribution >= 0.6 is 11.6 Å². The number of carbonyl (C=O) groups is 2. The monoisotopic (exact) mass is 417 g/mol.